The molecule has 0 aromatic rings. The maximum atomic E-state index is 12.7. The van der Waals surface area contributed by atoms with Gasteiger partial charge in [-0.1, -0.05) is 27.2 Å². The van der Waals surface area contributed by atoms with Gasteiger partial charge in [0.25, 0.3) is 0 Å². The Balaban J connectivity index is 4.12. The van der Waals surface area contributed by atoms with Crippen LogP contribution in [0, 0.1) is 5.92 Å². The van der Waals surface area contributed by atoms with Crippen LogP contribution in [0.1, 0.15) is 52.9 Å². The van der Waals surface area contributed by atoms with Crippen molar-refractivity contribution in [1.82, 2.24) is 0 Å². The molecule has 0 amide bonds. The second kappa shape index (κ2) is 10.4. The zero-order valence-electron chi connectivity index (χ0n) is 13.7. The summed E-state index contributed by atoms with van der Waals surface area (Å²) in [7, 11) is 0. The van der Waals surface area contributed by atoms with Crippen molar-refractivity contribution in [2.75, 3.05) is 12.4 Å². The Morgan fingerprint density at radius 2 is 1.74 bits per heavy atom. The smallest absolute Gasteiger partial charge is 0.453 e. The summed E-state index contributed by atoms with van der Waals surface area (Å²) >= 11 is 1.26. The number of rotatable bonds is 11. The van der Waals surface area contributed by atoms with Crippen molar-refractivity contribution in [3.8, 4) is 0 Å². The zero-order valence-corrected chi connectivity index (χ0v) is 14.5. The van der Waals surface area contributed by atoms with Crippen LogP contribution in [0.5, 0.6) is 0 Å². The van der Waals surface area contributed by atoms with E-state index < -0.39 is 18.5 Å². The predicted octanol–water partition coefficient (Wildman–Crippen LogP) is 5.46. The van der Waals surface area contributed by atoms with Crippen LogP contribution in [0.4, 0.5) is 22.0 Å². The molecule has 0 aliphatic carbocycles. The molecule has 0 aliphatic heterocycles. The first kappa shape index (κ1) is 22.5. The molecule has 0 aromatic heterocycles. The van der Waals surface area contributed by atoms with Gasteiger partial charge in [-0.25, -0.2) is 0 Å². The van der Waals surface area contributed by atoms with Gasteiger partial charge in [-0.15, -0.1) is 11.8 Å². The SMILES string of the molecule is CCCC(SCCCCC(F)(F)C(F)(F)F)C(=O)OCC(C)C. The van der Waals surface area contributed by atoms with Crippen molar-refractivity contribution in [2.45, 2.75) is 70.2 Å². The Bertz CT molecular complexity index is 345. The van der Waals surface area contributed by atoms with Crippen molar-refractivity contribution < 1.29 is 31.5 Å². The molecule has 0 radical (unpaired) electrons. The van der Waals surface area contributed by atoms with E-state index in [4.69, 9.17) is 4.74 Å². The first-order valence-corrected chi connectivity index (χ1v) is 8.79. The number of alkyl halides is 5. The Kier molecular flexibility index (Phi) is 10.1. The third kappa shape index (κ3) is 9.37. The van der Waals surface area contributed by atoms with Crippen molar-refractivity contribution in [2.24, 2.45) is 5.92 Å². The van der Waals surface area contributed by atoms with Gasteiger partial charge in [-0.05, 0) is 30.9 Å². The van der Waals surface area contributed by atoms with Crippen molar-refractivity contribution in [3.63, 3.8) is 0 Å². The van der Waals surface area contributed by atoms with E-state index >= 15 is 0 Å². The van der Waals surface area contributed by atoms with Gasteiger partial charge in [0.15, 0.2) is 0 Å². The molecule has 0 aliphatic rings. The molecule has 0 fully saturated rings. The molecule has 0 heterocycles. The van der Waals surface area contributed by atoms with E-state index in [2.05, 4.69) is 0 Å². The Labute approximate surface area is 138 Å². The molecule has 2 nitrogen and oxygen atoms in total. The average molecular weight is 364 g/mol. The van der Waals surface area contributed by atoms with Gasteiger partial charge in [-0.3, -0.25) is 4.79 Å². The number of carbonyl (C=O) groups excluding carboxylic acids is 1. The molecule has 0 saturated heterocycles. The first-order chi connectivity index (χ1) is 10.5. The summed E-state index contributed by atoms with van der Waals surface area (Å²) in [5.41, 5.74) is 0. The van der Waals surface area contributed by atoms with E-state index in [9.17, 15) is 26.7 Å². The summed E-state index contributed by atoms with van der Waals surface area (Å²) < 4.78 is 66.6. The molecule has 0 N–H and O–H groups in total. The number of hydrogen-bond acceptors (Lipinski definition) is 3. The highest BCUT2D eigenvalue weighted by atomic mass is 32.2. The van der Waals surface area contributed by atoms with Gasteiger partial charge in [0.1, 0.15) is 5.25 Å². The van der Waals surface area contributed by atoms with Crippen LogP contribution in [-0.2, 0) is 9.53 Å². The summed E-state index contributed by atoms with van der Waals surface area (Å²) in [4.78, 5) is 11.9. The summed E-state index contributed by atoms with van der Waals surface area (Å²) in [5, 5.41) is -0.387. The molecule has 0 saturated carbocycles. The minimum Gasteiger partial charge on any atom is -0.465 e. The van der Waals surface area contributed by atoms with Crippen LogP contribution in [0.15, 0.2) is 0 Å². The first-order valence-electron chi connectivity index (χ1n) is 7.74. The third-order valence-corrected chi connectivity index (χ3v) is 4.35. The van der Waals surface area contributed by atoms with Crippen LogP contribution in [0.2, 0.25) is 0 Å². The molecule has 1 atom stereocenters. The topological polar surface area (TPSA) is 26.3 Å². The molecular weight excluding hydrogens is 339 g/mol. The molecular formula is C15H25F5O2S. The number of carbonyl (C=O) groups is 1. The van der Waals surface area contributed by atoms with E-state index in [1.54, 1.807) is 0 Å². The van der Waals surface area contributed by atoms with Gasteiger partial charge in [-0.2, -0.15) is 22.0 Å². The second-order valence-electron chi connectivity index (χ2n) is 5.83. The Morgan fingerprint density at radius 1 is 1.13 bits per heavy atom. The van der Waals surface area contributed by atoms with E-state index in [1.807, 2.05) is 20.8 Å². The molecule has 0 spiro atoms. The Hall–Kier alpha value is -0.530. The normalized spacial score (nSPS) is 14.1. The molecule has 0 rings (SSSR count). The maximum absolute atomic E-state index is 12.7. The zero-order chi connectivity index (χ0) is 18.1. The van der Waals surface area contributed by atoms with E-state index in [-0.39, 0.29) is 30.0 Å². The van der Waals surface area contributed by atoms with Gasteiger partial charge in [0.05, 0.1) is 6.61 Å². The molecule has 23 heavy (non-hydrogen) atoms. The lowest BCUT2D eigenvalue weighted by Gasteiger charge is -2.19. The van der Waals surface area contributed by atoms with E-state index in [0.29, 0.717) is 18.8 Å². The second-order valence-corrected chi connectivity index (χ2v) is 7.14. The van der Waals surface area contributed by atoms with Crippen LogP contribution in [0.3, 0.4) is 0 Å². The fourth-order valence-electron chi connectivity index (χ4n) is 1.69. The molecule has 8 heteroatoms. The molecule has 138 valence electrons. The van der Waals surface area contributed by atoms with Gasteiger partial charge in [0.2, 0.25) is 0 Å². The number of halogens is 5. The largest absolute Gasteiger partial charge is 0.465 e. The quantitative estimate of drug-likeness (QED) is 0.277. The lowest BCUT2D eigenvalue weighted by atomic mass is 10.1. The van der Waals surface area contributed by atoms with Gasteiger partial charge in [0, 0.05) is 6.42 Å². The van der Waals surface area contributed by atoms with Crippen molar-refractivity contribution in [1.29, 1.82) is 0 Å². The number of hydrogen-bond donors (Lipinski definition) is 0. The number of unbranched alkanes of at least 4 members (excludes halogenated alkanes) is 1. The highest BCUT2D eigenvalue weighted by Crippen LogP contribution is 2.39. The molecule has 1 unspecified atom stereocenters. The van der Waals surface area contributed by atoms with Crippen molar-refractivity contribution in [3.05, 3.63) is 0 Å². The van der Waals surface area contributed by atoms with Crippen LogP contribution >= 0.6 is 11.8 Å². The van der Waals surface area contributed by atoms with Crippen LogP contribution in [0.25, 0.3) is 0 Å². The lowest BCUT2D eigenvalue weighted by molar-refractivity contribution is -0.284. The monoisotopic (exact) mass is 364 g/mol. The summed E-state index contributed by atoms with van der Waals surface area (Å²) in [6, 6.07) is 0. The fraction of sp³-hybridized carbons (Fsp3) is 0.933. The lowest BCUT2D eigenvalue weighted by Crippen LogP contribution is -2.36. The average Bonchev–Trinajstić information content (AvgIpc) is 2.41. The van der Waals surface area contributed by atoms with Gasteiger partial charge < -0.3 is 4.74 Å². The fourth-order valence-corrected chi connectivity index (χ4v) is 2.95. The number of thioether (sulfide) groups is 1. The third-order valence-electron chi connectivity index (χ3n) is 2.99. The highest BCUT2D eigenvalue weighted by Gasteiger charge is 2.56. The summed E-state index contributed by atoms with van der Waals surface area (Å²) in [6.45, 7) is 6.05. The molecule has 0 aromatic carbocycles. The van der Waals surface area contributed by atoms with E-state index in [0.717, 1.165) is 6.42 Å². The highest BCUT2D eigenvalue weighted by molar-refractivity contribution is 8.00. The summed E-state index contributed by atoms with van der Waals surface area (Å²) in [5.74, 6) is -4.41. The van der Waals surface area contributed by atoms with Gasteiger partial charge >= 0.3 is 18.1 Å². The number of esters is 1. The minimum absolute atomic E-state index is 0.202. The minimum atomic E-state index is -5.49. The van der Waals surface area contributed by atoms with E-state index in [1.165, 1.54) is 11.8 Å². The van der Waals surface area contributed by atoms with Crippen LogP contribution in [-0.4, -0.2) is 35.7 Å². The summed E-state index contributed by atoms with van der Waals surface area (Å²) in [6.07, 6.45) is -5.38. The Morgan fingerprint density at radius 3 is 2.22 bits per heavy atom. The maximum Gasteiger partial charge on any atom is 0.453 e. The van der Waals surface area contributed by atoms with Crippen molar-refractivity contribution >= 4 is 17.7 Å². The molecule has 0 bridgehead atoms. The standard InChI is InChI=1S/C15H25F5O2S/c1-4-7-12(13(21)22-10-11(2)3)23-9-6-5-8-14(16,17)15(18,19)20/h11-12H,4-10H2,1-3H3. The predicted molar refractivity (Wildman–Crippen MR) is 81.8 cm³/mol. The van der Waals surface area contributed by atoms with Crippen LogP contribution < -0.4 is 0 Å². The number of ether oxygens (including phenoxy) is 1.